The fourth-order valence-corrected chi connectivity index (χ4v) is 2.27. The number of carbonyl (C=O) groups is 1. The summed E-state index contributed by atoms with van der Waals surface area (Å²) in [6.45, 7) is 3.17. The highest BCUT2D eigenvalue weighted by molar-refractivity contribution is 9.10. The van der Waals surface area contributed by atoms with Crippen LogP contribution < -0.4 is 20.1 Å². The van der Waals surface area contributed by atoms with Gasteiger partial charge in [-0.1, -0.05) is 5.92 Å². The maximum atomic E-state index is 11.5. The Morgan fingerprint density at radius 2 is 2.19 bits per heavy atom. The molecule has 21 heavy (non-hydrogen) atoms. The predicted molar refractivity (Wildman–Crippen MR) is 85.4 cm³/mol. The van der Waals surface area contributed by atoms with Gasteiger partial charge in [0.1, 0.15) is 0 Å². The molecule has 0 heterocycles. The van der Waals surface area contributed by atoms with E-state index in [1.807, 2.05) is 26.1 Å². The van der Waals surface area contributed by atoms with Crippen molar-refractivity contribution in [1.29, 1.82) is 0 Å². The minimum atomic E-state index is -0.276. The lowest BCUT2D eigenvalue weighted by Gasteiger charge is -2.15. The lowest BCUT2D eigenvalue weighted by molar-refractivity contribution is -0.122. The first-order valence-electron chi connectivity index (χ1n) is 6.55. The van der Waals surface area contributed by atoms with Gasteiger partial charge >= 0.3 is 0 Å². The number of benzene rings is 1. The molecule has 0 aliphatic rings. The van der Waals surface area contributed by atoms with E-state index < -0.39 is 0 Å². The van der Waals surface area contributed by atoms with Gasteiger partial charge in [-0.05, 0) is 47.6 Å². The van der Waals surface area contributed by atoms with Gasteiger partial charge in [-0.3, -0.25) is 4.79 Å². The van der Waals surface area contributed by atoms with Crippen molar-refractivity contribution in [2.45, 2.75) is 13.5 Å². The predicted octanol–water partition coefficient (Wildman–Crippen LogP) is 1.70. The zero-order valence-corrected chi connectivity index (χ0v) is 13.7. The SMILES string of the molecule is C#CCNC(=O)COc1c(Br)cc(CNC)cc1OCC. The van der Waals surface area contributed by atoms with Crippen molar-refractivity contribution in [2.75, 3.05) is 26.8 Å². The van der Waals surface area contributed by atoms with Crippen LogP contribution in [0, 0.1) is 12.3 Å². The van der Waals surface area contributed by atoms with Crippen LogP contribution in [0.3, 0.4) is 0 Å². The molecule has 0 fully saturated rings. The molecule has 0 atom stereocenters. The van der Waals surface area contributed by atoms with Crippen molar-refractivity contribution >= 4 is 21.8 Å². The van der Waals surface area contributed by atoms with Crippen LogP contribution in [0.4, 0.5) is 0 Å². The molecule has 0 aliphatic heterocycles. The van der Waals surface area contributed by atoms with Crippen LogP contribution in [-0.4, -0.2) is 32.7 Å². The first kappa shape index (κ1) is 17.3. The van der Waals surface area contributed by atoms with Crippen molar-refractivity contribution < 1.29 is 14.3 Å². The fourth-order valence-electron chi connectivity index (χ4n) is 1.67. The van der Waals surface area contributed by atoms with E-state index in [1.54, 1.807) is 0 Å². The van der Waals surface area contributed by atoms with Crippen LogP contribution in [0.5, 0.6) is 11.5 Å². The van der Waals surface area contributed by atoms with Crippen molar-refractivity contribution in [1.82, 2.24) is 10.6 Å². The summed E-state index contributed by atoms with van der Waals surface area (Å²) in [5.41, 5.74) is 1.05. The molecule has 0 unspecified atom stereocenters. The molecule has 1 aromatic carbocycles. The smallest absolute Gasteiger partial charge is 0.258 e. The van der Waals surface area contributed by atoms with E-state index in [0.29, 0.717) is 24.7 Å². The number of hydrogen-bond acceptors (Lipinski definition) is 4. The fraction of sp³-hybridized carbons (Fsp3) is 0.400. The number of ether oxygens (including phenoxy) is 2. The molecule has 5 nitrogen and oxygen atoms in total. The summed E-state index contributed by atoms with van der Waals surface area (Å²) in [7, 11) is 1.87. The van der Waals surface area contributed by atoms with E-state index >= 15 is 0 Å². The first-order valence-corrected chi connectivity index (χ1v) is 7.34. The number of amides is 1. The Labute approximate surface area is 133 Å². The minimum Gasteiger partial charge on any atom is -0.490 e. The largest absolute Gasteiger partial charge is 0.490 e. The minimum absolute atomic E-state index is 0.119. The second-order valence-electron chi connectivity index (χ2n) is 4.14. The number of rotatable bonds is 8. The summed E-state index contributed by atoms with van der Waals surface area (Å²) in [4.78, 5) is 11.5. The van der Waals surface area contributed by atoms with E-state index in [9.17, 15) is 4.79 Å². The van der Waals surface area contributed by atoms with Crippen LogP contribution in [0.15, 0.2) is 16.6 Å². The van der Waals surface area contributed by atoms with Crippen LogP contribution in [0.1, 0.15) is 12.5 Å². The normalized spacial score (nSPS) is 9.81. The molecule has 1 amide bonds. The summed E-state index contributed by atoms with van der Waals surface area (Å²) < 4.78 is 11.9. The van der Waals surface area contributed by atoms with E-state index in [2.05, 4.69) is 32.5 Å². The number of hydrogen-bond donors (Lipinski definition) is 2. The Hall–Kier alpha value is -1.71. The molecular formula is C15H19BrN2O3. The maximum absolute atomic E-state index is 11.5. The van der Waals surface area contributed by atoms with Crippen molar-refractivity contribution in [3.8, 4) is 23.8 Å². The summed E-state index contributed by atoms with van der Waals surface area (Å²) >= 11 is 3.44. The van der Waals surface area contributed by atoms with Crippen LogP contribution in [-0.2, 0) is 11.3 Å². The molecule has 0 radical (unpaired) electrons. The molecule has 0 spiro atoms. The maximum Gasteiger partial charge on any atom is 0.258 e. The van der Waals surface area contributed by atoms with Crippen LogP contribution in [0.2, 0.25) is 0 Å². The van der Waals surface area contributed by atoms with Gasteiger partial charge in [-0.2, -0.15) is 0 Å². The van der Waals surface area contributed by atoms with Crippen molar-refractivity contribution in [3.05, 3.63) is 22.2 Å². The van der Waals surface area contributed by atoms with Gasteiger partial charge in [0.15, 0.2) is 18.1 Å². The monoisotopic (exact) mass is 354 g/mol. The molecular weight excluding hydrogens is 336 g/mol. The van der Waals surface area contributed by atoms with Gasteiger partial charge in [0, 0.05) is 6.54 Å². The highest BCUT2D eigenvalue weighted by Crippen LogP contribution is 2.36. The van der Waals surface area contributed by atoms with Gasteiger partial charge in [-0.25, -0.2) is 0 Å². The Balaban J connectivity index is 2.84. The second kappa shape index (κ2) is 9.27. The molecule has 0 aliphatic carbocycles. The molecule has 0 saturated heterocycles. The van der Waals surface area contributed by atoms with Gasteiger partial charge in [0.05, 0.1) is 17.6 Å². The molecule has 1 rings (SSSR count). The molecule has 6 heteroatoms. The summed E-state index contributed by atoms with van der Waals surface area (Å²) in [5.74, 6) is 3.16. The topological polar surface area (TPSA) is 59.6 Å². The standard InChI is InChI=1S/C15H19BrN2O3/c1-4-6-18-14(19)10-21-15-12(16)7-11(9-17-3)8-13(15)20-5-2/h1,7-8,17H,5-6,9-10H2,2-3H3,(H,18,19). The molecule has 2 N–H and O–H groups in total. The highest BCUT2D eigenvalue weighted by atomic mass is 79.9. The Morgan fingerprint density at radius 3 is 2.81 bits per heavy atom. The number of carbonyl (C=O) groups excluding carboxylic acids is 1. The van der Waals surface area contributed by atoms with Crippen LogP contribution in [0.25, 0.3) is 0 Å². The first-order chi connectivity index (χ1) is 10.1. The zero-order chi connectivity index (χ0) is 15.7. The third kappa shape index (κ3) is 5.66. The van der Waals surface area contributed by atoms with Gasteiger partial charge in [-0.15, -0.1) is 6.42 Å². The average molecular weight is 355 g/mol. The average Bonchev–Trinajstić information content (AvgIpc) is 2.45. The van der Waals surface area contributed by atoms with E-state index in [0.717, 1.165) is 10.0 Å². The number of terminal acetylenes is 1. The van der Waals surface area contributed by atoms with Gasteiger partial charge in [0.25, 0.3) is 5.91 Å². The van der Waals surface area contributed by atoms with Crippen molar-refractivity contribution in [2.24, 2.45) is 0 Å². The number of halogens is 1. The quantitative estimate of drug-likeness (QED) is 0.697. The number of nitrogens with one attached hydrogen (secondary N) is 2. The van der Waals surface area contributed by atoms with Gasteiger partial charge in [0.2, 0.25) is 0 Å². The lowest BCUT2D eigenvalue weighted by Crippen LogP contribution is -2.29. The molecule has 0 bridgehead atoms. The lowest BCUT2D eigenvalue weighted by atomic mass is 10.2. The zero-order valence-electron chi connectivity index (χ0n) is 12.2. The third-order valence-corrected chi connectivity index (χ3v) is 3.07. The molecule has 0 saturated carbocycles. The van der Waals surface area contributed by atoms with E-state index in [1.165, 1.54) is 0 Å². The van der Waals surface area contributed by atoms with E-state index in [-0.39, 0.29) is 19.1 Å². The Morgan fingerprint density at radius 1 is 1.43 bits per heavy atom. The molecule has 1 aromatic rings. The summed E-state index contributed by atoms with van der Waals surface area (Å²) in [6, 6.07) is 3.81. The Kier molecular flexibility index (Phi) is 7.65. The summed E-state index contributed by atoms with van der Waals surface area (Å²) in [6.07, 6.45) is 5.08. The highest BCUT2D eigenvalue weighted by Gasteiger charge is 2.13. The molecule has 0 aromatic heterocycles. The Bertz CT molecular complexity index is 526. The van der Waals surface area contributed by atoms with Crippen LogP contribution >= 0.6 is 15.9 Å². The summed E-state index contributed by atoms with van der Waals surface area (Å²) in [5, 5.41) is 5.61. The van der Waals surface area contributed by atoms with Gasteiger partial charge < -0.3 is 20.1 Å². The van der Waals surface area contributed by atoms with E-state index in [4.69, 9.17) is 15.9 Å². The van der Waals surface area contributed by atoms with Crippen molar-refractivity contribution in [3.63, 3.8) is 0 Å². The molecule has 114 valence electrons. The third-order valence-electron chi connectivity index (χ3n) is 2.49. The second-order valence-corrected chi connectivity index (χ2v) is 4.99.